The van der Waals surface area contributed by atoms with E-state index < -0.39 is 17.9 Å². The Bertz CT molecular complexity index is 488. The zero-order valence-corrected chi connectivity index (χ0v) is 19.0. The molecule has 30 heavy (non-hydrogen) atoms. The quantitative estimate of drug-likeness (QED) is 0.200. The smallest absolute Gasteiger partial charge is 0.303 e. The summed E-state index contributed by atoms with van der Waals surface area (Å²) in [5.74, 6) is -2.22. The first-order valence-electron chi connectivity index (χ1n) is 10.9. The largest absolute Gasteiger partial charge is 0.481 e. The standard InChI is InChI=1S/C18H30O2.C4H8O2.C2H4O2/c1-2-3-4-5-6-7-8-9-10-11-12-13-14-15-16-17-18(19)20;1-2-3-4(5)6;1-2(3)4/h3-4,6-7,9-10H,2,5,8,11-17H2,1H3,(H,19,20);2-3H2,1H3,(H,5,6);1H3,(H,3,4)/b4-3-,7-6-,10-9-;;. The van der Waals surface area contributed by atoms with E-state index in [0.717, 1.165) is 58.3 Å². The molecule has 6 nitrogen and oxygen atoms in total. The summed E-state index contributed by atoms with van der Waals surface area (Å²) in [6.07, 6.45) is 24.4. The first kappa shape index (κ1) is 32.3. The van der Waals surface area contributed by atoms with Gasteiger partial charge in [0.15, 0.2) is 0 Å². The molecule has 0 radical (unpaired) electrons. The predicted octanol–water partition coefficient (Wildman–Crippen LogP) is 6.62. The Morgan fingerprint density at radius 1 is 0.633 bits per heavy atom. The summed E-state index contributed by atoms with van der Waals surface area (Å²) in [4.78, 5) is 28.9. The number of carboxylic acid groups (broad SMARTS) is 3. The second-order valence-electron chi connectivity index (χ2n) is 6.66. The third-order valence-corrected chi connectivity index (χ3v) is 3.51. The van der Waals surface area contributed by atoms with Crippen molar-refractivity contribution in [1.29, 1.82) is 0 Å². The molecular formula is C24H42O6. The molecule has 0 aromatic carbocycles. The number of carbonyl (C=O) groups is 3. The van der Waals surface area contributed by atoms with Crippen LogP contribution in [0.3, 0.4) is 0 Å². The summed E-state index contributed by atoms with van der Waals surface area (Å²) in [6, 6.07) is 0. The zero-order valence-electron chi connectivity index (χ0n) is 19.0. The molecule has 174 valence electrons. The molecule has 0 bridgehead atoms. The van der Waals surface area contributed by atoms with Gasteiger partial charge in [-0.3, -0.25) is 14.4 Å². The normalized spacial score (nSPS) is 10.5. The number of allylic oxidation sites excluding steroid dienone is 6. The Labute approximate surface area is 182 Å². The topological polar surface area (TPSA) is 112 Å². The van der Waals surface area contributed by atoms with Crippen LogP contribution in [0.25, 0.3) is 0 Å². The highest BCUT2D eigenvalue weighted by Gasteiger charge is 1.95. The van der Waals surface area contributed by atoms with E-state index in [4.69, 9.17) is 20.1 Å². The van der Waals surface area contributed by atoms with Crippen LogP contribution in [0.4, 0.5) is 0 Å². The lowest BCUT2D eigenvalue weighted by molar-refractivity contribution is -0.138. The van der Waals surface area contributed by atoms with E-state index in [0.29, 0.717) is 12.8 Å². The molecule has 0 aliphatic rings. The van der Waals surface area contributed by atoms with Crippen molar-refractivity contribution in [3.63, 3.8) is 0 Å². The van der Waals surface area contributed by atoms with Gasteiger partial charge in [-0.15, -0.1) is 0 Å². The molecule has 0 aliphatic heterocycles. The molecule has 0 saturated carbocycles. The second-order valence-corrected chi connectivity index (χ2v) is 6.66. The maximum atomic E-state index is 10.3. The van der Waals surface area contributed by atoms with Crippen molar-refractivity contribution in [2.45, 2.75) is 97.8 Å². The van der Waals surface area contributed by atoms with Gasteiger partial charge in [0.1, 0.15) is 0 Å². The molecule has 0 spiro atoms. The minimum absolute atomic E-state index is 0.292. The van der Waals surface area contributed by atoms with Crippen molar-refractivity contribution in [3.05, 3.63) is 36.5 Å². The van der Waals surface area contributed by atoms with Crippen molar-refractivity contribution >= 4 is 17.9 Å². The van der Waals surface area contributed by atoms with E-state index in [1.54, 1.807) is 0 Å². The molecule has 3 N–H and O–H groups in total. The van der Waals surface area contributed by atoms with Crippen LogP contribution in [0.1, 0.15) is 97.8 Å². The van der Waals surface area contributed by atoms with Gasteiger partial charge in [0.2, 0.25) is 0 Å². The first-order chi connectivity index (χ1) is 14.3. The first-order valence-corrected chi connectivity index (χ1v) is 10.9. The molecular weight excluding hydrogens is 384 g/mol. The van der Waals surface area contributed by atoms with Crippen LogP contribution in [0.2, 0.25) is 0 Å². The number of carboxylic acids is 3. The van der Waals surface area contributed by atoms with Crippen molar-refractivity contribution < 1.29 is 29.7 Å². The molecule has 0 rings (SSSR count). The fraction of sp³-hybridized carbons (Fsp3) is 0.625. The summed E-state index contributed by atoms with van der Waals surface area (Å²) in [6.45, 7) is 5.07. The van der Waals surface area contributed by atoms with E-state index in [-0.39, 0.29) is 0 Å². The third kappa shape index (κ3) is 50.0. The highest BCUT2D eigenvalue weighted by atomic mass is 16.4. The average Bonchev–Trinajstić information content (AvgIpc) is 2.64. The minimum atomic E-state index is -0.833. The molecule has 0 saturated heterocycles. The van der Waals surface area contributed by atoms with E-state index in [9.17, 15) is 9.59 Å². The molecule has 0 unspecified atom stereocenters. The van der Waals surface area contributed by atoms with Gasteiger partial charge >= 0.3 is 11.9 Å². The Morgan fingerprint density at radius 3 is 1.50 bits per heavy atom. The van der Waals surface area contributed by atoms with Crippen molar-refractivity contribution in [1.82, 2.24) is 0 Å². The van der Waals surface area contributed by atoms with Gasteiger partial charge in [0, 0.05) is 19.8 Å². The maximum Gasteiger partial charge on any atom is 0.303 e. The molecule has 0 atom stereocenters. The number of rotatable bonds is 15. The molecule has 0 heterocycles. The molecule has 0 amide bonds. The van der Waals surface area contributed by atoms with E-state index in [1.165, 1.54) is 12.8 Å². The fourth-order valence-corrected chi connectivity index (χ4v) is 2.11. The SMILES string of the molecule is CC(=O)O.CC/C=C\C/C=C\C/C=C\CCCCCCCC(=O)O.CCCC(=O)O. The Balaban J connectivity index is -0.000000600. The van der Waals surface area contributed by atoms with Crippen LogP contribution in [0.5, 0.6) is 0 Å². The lowest BCUT2D eigenvalue weighted by atomic mass is 10.1. The summed E-state index contributed by atoms with van der Waals surface area (Å²) >= 11 is 0. The number of unbranched alkanes of at least 4 members (excludes halogenated alkanes) is 5. The third-order valence-electron chi connectivity index (χ3n) is 3.51. The molecule has 6 heteroatoms. The Hall–Kier alpha value is -2.37. The Morgan fingerprint density at radius 2 is 1.07 bits per heavy atom. The highest BCUT2D eigenvalue weighted by molar-refractivity contribution is 5.66. The summed E-state index contributed by atoms with van der Waals surface area (Å²) in [5.41, 5.74) is 0. The number of hydrogen-bond donors (Lipinski definition) is 3. The monoisotopic (exact) mass is 426 g/mol. The zero-order chi connectivity index (χ0) is 23.5. The summed E-state index contributed by atoms with van der Waals surface area (Å²) in [7, 11) is 0. The minimum Gasteiger partial charge on any atom is -0.481 e. The lowest BCUT2D eigenvalue weighted by Crippen LogP contribution is -1.93. The van der Waals surface area contributed by atoms with Crippen LogP contribution < -0.4 is 0 Å². The molecule has 0 aromatic heterocycles. The highest BCUT2D eigenvalue weighted by Crippen LogP contribution is 2.07. The van der Waals surface area contributed by atoms with Crippen LogP contribution in [-0.2, 0) is 14.4 Å². The van der Waals surface area contributed by atoms with Gasteiger partial charge < -0.3 is 15.3 Å². The van der Waals surface area contributed by atoms with Crippen molar-refractivity contribution in [2.24, 2.45) is 0 Å². The van der Waals surface area contributed by atoms with Crippen molar-refractivity contribution in [3.8, 4) is 0 Å². The van der Waals surface area contributed by atoms with Crippen LogP contribution in [0.15, 0.2) is 36.5 Å². The fourth-order valence-electron chi connectivity index (χ4n) is 2.11. The van der Waals surface area contributed by atoms with Gasteiger partial charge in [0.25, 0.3) is 5.97 Å². The maximum absolute atomic E-state index is 10.3. The molecule has 0 aliphatic carbocycles. The number of aliphatic carboxylic acids is 3. The van der Waals surface area contributed by atoms with E-state index >= 15 is 0 Å². The average molecular weight is 427 g/mol. The lowest BCUT2D eigenvalue weighted by Gasteiger charge is -1.98. The van der Waals surface area contributed by atoms with E-state index in [1.807, 2.05) is 6.92 Å². The van der Waals surface area contributed by atoms with Crippen molar-refractivity contribution in [2.75, 3.05) is 0 Å². The van der Waals surface area contributed by atoms with Gasteiger partial charge in [0.05, 0.1) is 0 Å². The van der Waals surface area contributed by atoms with Gasteiger partial charge in [-0.05, 0) is 44.9 Å². The molecule has 0 fully saturated rings. The molecule has 0 aromatic rings. The van der Waals surface area contributed by atoms with Crippen LogP contribution >= 0.6 is 0 Å². The second kappa shape index (κ2) is 28.8. The summed E-state index contributed by atoms with van der Waals surface area (Å²) in [5, 5.41) is 23.8. The van der Waals surface area contributed by atoms with Crippen LogP contribution in [0, 0.1) is 0 Å². The van der Waals surface area contributed by atoms with Crippen LogP contribution in [-0.4, -0.2) is 33.2 Å². The van der Waals surface area contributed by atoms with E-state index in [2.05, 4.69) is 43.4 Å². The Kier molecular flexibility index (Phi) is 31.0. The van der Waals surface area contributed by atoms with Gasteiger partial charge in [-0.2, -0.15) is 0 Å². The predicted molar refractivity (Wildman–Crippen MR) is 123 cm³/mol. The number of hydrogen-bond acceptors (Lipinski definition) is 3. The van der Waals surface area contributed by atoms with Gasteiger partial charge in [-0.25, -0.2) is 0 Å². The summed E-state index contributed by atoms with van der Waals surface area (Å²) < 4.78 is 0. The van der Waals surface area contributed by atoms with Gasteiger partial charge in [-0.1, -0.05) is 69.6 Å².